The van der Waals surface area contributed by atoms with E-state index in [4.69, 9.17) is 0 Å². The molecule has 25 heavy (non-hydrogen) atoms. The molecule has 0 aliphatic carbocycles. The van der Waals surface area contributed by atoms with Gasteiger partial charge in [-0.15, -0.1) is 0 Å². The van der Waals surface area contributed by atoms with Gasteiger partial charge in [-0.2, -0.15) is 4.31 Å². The number of benzene rings is 1. The minimum absolute atomic E-state index is 0.0126. The van der Waals surface area contributed by atoms with Crippen molar-refractivity contribution in [3.8, 4) is 0 Å². The molecule has 0 aromatic heterocycles. The molecule has 1 saturated heterocycles. The number of sulfonamides is 1. The summed E-state index contributed by atoms with van der Waals surface area (Å²) in [7, 11) is -3.19. The minimum Gasteiger partial charge on any atom is -0.385 e. The highest BCUT2D eigenvalue weighted by molar-refractivity contribution is 7.88. The van der Waals surface area contributed by atoms with Crippen molar-refractivity contribution >= 4 is 27.3 Å². The number of carbonyl (C=O) groups is 1. The van der Waals surface area contributed by atoms with Gasteiger partial charge in [-0.25, -0.2) is 8.42 Å². The average molecular weight is 370 g/mol. The molecular weight excluding hydrogens is 348 g/mol. The normalized spacial score (nSPS) is 15.8. The molecule has 1 aliphatic heterocycles. The molecule has 1 amide bonds. The molecule has 1 heterocycles. The van der Waals surface area contributed by atoms with Crippen LogP contribution in [0.25, 0.3) is 0 Å². The first-order chi connectivity index (χ1) is 11.8. The van der Waals surface area contributed by atoms with E-state index < -0.39 is 14.9 Å². The Hall–Kier alpha value is -2.20. The van der Waals surface area contributed by atoms with Crippen molar-refractivity contribution in [3.05, 3.63) is 34.4 Å². The van der Waals surface area contributed by atoms with E-state index in [9.17, 15) is 23.3 Å². The fourth-order valence-electron chi connectivity index (χ4n) is 2.60. The third-order valence-electron chi connectivity index (χ3n) is 4.04. The van der Waals surface area contributed by atoms with Gasteiger partial charge in [0.05, 0.1) is 11.2 Å². The molecule has 1 aromatic rings. The third kappa shape index (κ3) is 5.68. The molecule has 0 unspecified atom stereocenters. The largest absolute Gasteiger partial charge is 0.385 e. The Kier molecular flexibility index (Phi) is 6.32. The molecule has 0 spiro atoms. The van der Waals surface area contributed by atoms with Crippen LogP contribution in [0, 0.1) is 10.1 Å². The molecule has 1 fully saturated rings. The lowest BCUT2D eigenvalue weighted by atomic mass is 10.2. The maximum absolute atomic E-state index is 12.1. The number of non-ortho nitro benzene ring substituents is 1. The summed E-state index contributed by atoms with van der Waals surface area (Å²) in [5.41, 5.74) is 0.800. The van der Waals surface area contributed by atoms with Crippen LogP contribution >= 0.6 is 0 Å². The Balaban J connectivity index is 1.68. The summed E-state index contributed by atoms with van der Waals surface area (Å²) in [5.74, 6) is 0.0126. The fourth-order valence-corrected chi connectivity index (χ4v) is 3.43. The fraction of sp³-hybridized carbons (Fsp3) is 0.533. The number of nitrogens with one attached hydrogen (secondary N) is 1. The van der Waals surface area contributed by atoms with Crippen LogP contribution in [0.3, 0.4) is 0 Å². The first-order valence-corrected chi connectivity index (χ1v) is 9.83. The van der Waals surface area contributed by atoms with Gasteiger partial charge < -0.3 is 10.2 Å². The summed E-state index contributed by atoms with van der Waals surface area (Å²) in [5, 5.41) is 13.7. The van der Waals surface area contributed by atoms with Crippen molar-refractivity contribution in [2.24, 2.45) is 0 Å². The Bertz CT molecular complexity index is 712. The second-order valence-electron chi connectivity index (χ2n) is 5.88. The van der Waals surface area contributed by atoms with E-state index >= 15 is 0 Å². The van der Waals surface area contributed by atoms with Crippen molar-refractivity contribution in [2.75, 3.05) is 44.3 Å². The van der Waals surface area contributed by atoms with Crippen LogP contribution < -0.4 is 5.32 Å². The van der Waals surface area contributed by atoms with Crippen LogP contribution in [0.2, 0.25) is 0 Å². The van der Waals surface area contributed by atoms with Gasteiger partial charge in [0.15, 0.2) is 0 Å². The Morgan fingerprint density at radius 2 is 1.80 bits per heavy atom. The van der Waals surface area contributed by atoms with E-state index in [2.05, 4.69) is 5.32 Å². The van der Waals surface area contributed by atoms with Crippen LogP contribution in [-0.4, -0.2) is 67.4 Å². The standard InChI is InChI=1S/C15H22N4O5S/c1-25(23,24)18-11-9-17(10-12-18)15(20)3-2-8-16-13-4-6-14(7-5-13)19(21)22/h4-7,16H,2-3,8-12H2,1H3. The second kappa shape index (κ2) is 8.26. The zero-order chi connectivity index (χ0) is 18.4. The summed E-state index contributed by atoms with van der Waals surface area (Å²) in [4.78, 5) is 24.0. The van der Waals surface area contributed by atoms with E-state index in [0.717, 1.165) is 5.69 Å². The van der Waals surface area contributed by atoms with E-state index in [-0.39, 0.29) is 11.6 Å². The van der Waals surface area contributed by atoms with Crippen molar-refractivity contribution in [3.63, 3.8) is 0 Å². The maximum Gasteiger partial charge on any atom is 0.269 e. The molecule has 1 N–H and O–H groups in total. The number of hydrogen-bond acceptors (Lipinski definition) is 6. The number of nitrogens with zero attached hydrogens (tertiary/aromatic N) is 3. The van der Waals surface area contributed by atoms with Crippen molar-refractivity contribution in [1.29, 1.82) is 0 Å². The first kappa shape index (κ1) is 19.1. The number of amides is 1. The first-order valence-electron chi connectivity index (χ1n) is 7.98. The number of nitro benzene ring substituents is 1. The molecule has 138 valence electrons. The molecule has 10 heteroatoms. The summed E-state index contributed by atoms with van der Waals surface area (Å²) < 4.78 is 24.3. The number of rotatable bonds is 7. The van der Waals surface area contributed by atoms with E-state index in [0.29, 0.717) is 45.6 Å². The monoisotopic (exact) mass is 370 g/mol. The van der Waals surface area contributed by atoms with Gasteiger partial charge in [0.2, 0.25) is 15.9 Å². The summed E-state index contributed by atoms with van der Waals surface area (Å²) in [6.07, 6.45) is 2.18. The van der Waals surface area contributed by atoms with Crippen LogP contribution in [0.4, 0.5) is 11.4 Å². The topological polar surface area (TPSA) is 113 Å². The zero-order valence-electron chi connectivity index (χ0n) is 14.1. The lowest BCUT2D eigenvalue weighted by Gasteiger charge is -2.33. The van der Waals surface area contributed by atoms with Gasteiger partial charge in [0.25, 0.3) is 5.69 Å². The lowest BCUT2D eigenvalue weighted by molar-refractivity contribution is -0.384. The number of carbonyl (C=O) groups excluding carboxylic acids is 1. The van der Waals surface area contributed by atoms with Gasteiger partial charge in [-0.3, -0.25) is 14.9 Å². The van der Waals surface area contributed by atoms with E-state index in [1.807, 2.05) is 0 Å². The smallest absolute Gasteiger partial charge is 0.269 e. The molecular formula is C15H22N4O5S. The Morgan fingerprint density at radius 1 is 1.20 bits per heavy atom. The lowest BCUT2D eigenvalue weighted by Crippen LogP contribution is -2.50. The number of piperazine rings is 1. The average Bonchev–Trinajstić information content (AvgIpc) is 2.58. The molecule has 2 rings (SSSR count). The van der Waals surface area contributed by atoms with Gasteiger partial charge in [-0.05, 0) is 18.6 Å². The predicted octanol–water partition coefficient (Wildman–Crippen LogP) is 0.891. The third-order valence-corrected chi connectivity index (χ3v) is 5.34. The van der Waals surface area contributed by atoms with Crippen LogP contribution in [0.5, 0.6) is 0 Å². The summed E-state index contributed by atoms with van der Waals surface area (Å²) >= 11 is 0. The highest BCUT2D eigenvalue weighted by Gasteiger charge is 2.25. The quantitative estimate of drug-likeness (QED) is 0.433. The predicted molar refractivity (Wildman–Crippen MR) is 93.8 cm³/mol. The Labute approximate surface area is 146 Å². The minimum atomic E-state index is -3.19. The number of nitro groups is 1. The van der Waals surface area contributed by atoms with E-state index in [1.165, 1.54) is 22.7 Å². The summed E-state index contributed by atoms with van der Waals surface area (Å²) in [6.45, 7) is 2.09. The molecule has 1 aliphatic rings. The van der Waals surface area contributed by atoms with Crippen molar-refractivity contribution in [2.45, 2.75) is 12.8 Å². The molecule has 9 nitrogen and oxygen atoms in total. The van der Waals surface area contributed by atoms with Gasteiger partial charge in [-0.1, -0.05) is 0 Å². The summed E-state index contributed by atoms with van der Waals surface area (Å²) in [6, 6.07) is 6.11. The maximum atomic E-state index is 12.1. The Morgan fingerprint density at radius 3 is 2.32 bits per heavy atom. The number of hydrogen-bond donors (Lipinski definition) is 1. The van der Waals surface area contributed by atoms with Crippen LogP contribution in [0.1, 0.15) is 12.8 Å². The second-order valence-corrected chi connectivity index (χ2v) is 7.86. The van der Waals surface area contributed by atoms with Crippen molar-refractivity contribution < 1.29 is 18.1 Å². The molecule has 0 radical (unpaired) electrons. The van der Waals surface area contributed by atoms with Crippen LogP contribution in [0.15, 0.2) is 24.3 Å². The van der Waals surface area contributed by atoms with Crippen LogP contribution in [-0.2, 0) is 14.8 Å². The molecule has 0 atom stereocenters. The number of anilines is 1. The highest BCUT2D eigenvalue weighted by Crippen LogP contribution is 2.15. The van der Waals surface area contributed by atoms with Gasteiger partial charge in [0.1, 0.15) is 0 Å². The molecule has 0 bridgehead atoms. The molecule has 0 saturated carbocycles. The van der Waals surface area contributed by atoms with Crippen molar-refractivity contribution in [1.82, 2.24) is 9.21 Å². The van der Waals surface area contributed by atoms with Gasteiger partial charge >= 0.3 is 0 Å². The van der Waals surface area contributed by atoms with E-state index in [1.54, 1.807) is 17.0 Å². The van der Waals surface area contributed by atoms with Gasteiger partial charge in [0, 0.05) is 57.0 Å². The SMILES string of the molecule is CS(=O)(=O)N1CCN(C(=O)CCCNc2ccc([N+](=O)[O-])cc2)CC1. The zero-order valence-corrected chi connectivity index (χ0v) is 14.9. The molecule has 1 aromatic carbocycles. The highest BCUT2D eigenvalue weighted by atomic mass is 32.2.